The molecule has 0 aliphatic heterocycles. The van der Waals surface area contributed by atoms with E-state index in [1.165, 1.54) is 12.4 Å². The number of nitrogens with one attached hydrogen (secondary N) is 3. The fourth-order valence-electron chi connectivity index (χ4n) is 1.98. The molecular formula is C15H12N4O2. The third-order valence-electron chi connectivity index (χ3n) is 2.98. The number of nitrogens with zero attached hydrogens (tertiary/aromatic N) is 1. The molecule has 0 saturated heterocycles. The number of para-hydroxylation sites is 1. The van der Waals surface area contributed by atoms with Gasteiger partial charge in [0.05, 0.1) is 5.69 Å². The van der Waals surface area contributed by atoms with Crippen LogP contribution in [0.1, 0.15) is 0 Å². The highest BCUT2D eigenvalue weighted by atomic mass is 16.2. The van der Waals surface area contributed by atoms with Crippen molar-refractivity contribution in [2.45, 2.75) is 0 Å². The van der Waals surface area contributed by atoms with E-state index < -0.39 is 11.8 Å². The summed E-state index contributed by atoms with van der Waals surface area (Å²) >= 11 is 0. The maximum atomic E-state index is 11.9. The minimum atomic E-state index is -0.730. The van der Waals surface area contributed by atoms with Crippen molar-refractivity contribution in [3.05, 3.63) is 55.0 Å². The summed E-state index contributed by atoms with van der Waals surface area (Å²) in [6.07, 6.45) is 4.72. The Bertz CT molecular complexity index is 796. The van der Waals surface area contributed by atoms with E-state index in [1.54, 1.807) is 18.3 Å². The first kappa shape index (κ1) is 12.9. The van der Waals surface area contributed by atoms with Crippen molar-refractivity contribution in [2.24, 2.45) is 0 Å². The molecule has 0 atom stereocenters. The maximum absolute atomic E-state index is 11.9. The molecule has 1 aromatic carbocycles. The topological polar surface area (TPSA) is 86.9 Å². The molecule has 2 heterocycles. The van der Waals surface area contributed by atoms with Gasteiger partial charge in [-0.05, 0) is 18.2 Å². The summed E-state index contributed by atoms with van der Waals surface area (Å²) in [5, 5.41) is 5.94. The molecule has 3 rings (SSSR count). The van der Waals surface area contributed by atoms with E-state index in [2.05, 4.69) is 20.6 Å². The van der Waals surface area contributed by atoms with Crippen LogP contribution < -0.4 is 10.6 Å². The molecule has 2 aromatic heterocycles. The van der Waals surface area contributed by atoms with E-state index in [-0.39, 0.29) is 0 Å². The Labute approximate surface area is 120 Å². The molecular weight excluding hydrogens is 268 g/mol. The third-order valence-corrected chi connectivity index (χ3v) is 2.98. The van der Waals surface area contributed by atoms with Crippen LogP contribution in [0, 0.1) is 0 Å². The SMILES string of the molecule is O=C(Nc1ccncc1)C(=O)Nc1c[nH]c2ccccc12. The van der Waals surface area contributed by atoms with E-state index in [0.29, 0.717) is 11.4 Å². The first-order valence-electron chi connectivity index (χ1n) is 6.32. The quantitative estimate of drug-likeness (QED) is 0.628. The number of aromatic nitrogens is 2. The summed E-state index contributed by atoms with van der Waals surface area (Å²) in [7, 11) is 0. The van der Waals surface area contributed by atoms with Crippen LogP contribution in [0.15, 0.2) is 55.0 Å². The minimum Gasteiger partial charge on any atom is -0.359 e. The van der Waals surface area contributed by atoms with Crippen molar-refractivity contribution in [1.82, 2.24) is 9.97 Å². The smallest absolute Gasteiger partial charge is 0.314 e. The van der Waals surface area contributed by atoms with Gasteiger partial charge in [-0.1, -0.05) is 18.2 Å². The maximum Gasteiger partial charge on any atom is 0.314 e. The number of hydrogen-bond acceptors (Lipinski definition) is 3. The number of carbonyl (C=O) groups is 2. The van der Waals surface area contributed by atoms with Gasteiger partial charge in [0, 0.05) is 35.2 Å². The Morgan fingerprint density at radius 3 is 2.48 bits per heavy atom. The molecule has 3 N–H and O–H groups in total. The van der Waals surface area contributed by atoms with Gasteiger partial charge in [0.2, 0.25) is 0 Å². The normalized spacial score (nSPS) is 10.3. The van der Waals surface area contributed by atoms with E-state index in [4.69, 9.17) is 0 Å². The lowest BCUT2D eigenvalue weighted by molar-refractivity contribution is -0.132. The second-order valence-corrected chi connectivity index (χ2v) is 4.39. The predicted octanol–water partition coefficient (Wildman–Crippen LogP) is 2.14. The highest BCUT2D eigenvalue weighted by Crippen LogP contribution is 2.22. The Morgan fingerprint density at radius 2 is 1.67 bits per heavy atom. The van der Waals surface area contributed by atoms with Crippen LogP contribution in [0.2, 0.25) is 0 Å². The van der Waals surface area contributed by atoms with E-state index in [1.807, 2.05) is 24.3 Å². The number of aromatic amines is 1. The van der Waals surface area contributed by atoms with Gasteiger partial charge in [-0.15, -0.1) is 0 Å². The van der Waals surface area contributed by atoms with Crippen molar-refractivity contribution >= 4 is 34.1 Å². The highest BCUT2D eigenvalue weighted by molar-refractivity contribution is 6.44. The van der Waals surface area contributed by atoms with Gasteiger partial charge in [0.1, 0.15) is 0 Å². The second-order valence-electron chi connectivity index (χ2n) is 4.39. The van der Waals surface area contributed by atoms with Gasteiger partial charge in [0.25, 0.3) is 0 Å². The minimum absolute atomic E-state index is 0.518. The molecule has 3 aromatic rings. The fraction of sp³-hybridized carbons (Fsp3) is 0. The molecule has 6 nitrogen and oxygen atoms in total. The predicted molar refractivity (Wildman–Crippen MR) is 79.8 cm³/mol. The van der Waals surface area contributed by atoms with Crippen molar-refractivity contribution in [1.29, 1.82) is 0 Å². The van der Waals surface area contributed by atoms with Crippen molar-refractivity contribution in [2.75, 3.05) is 10.6 Å². The molecule has 0 spiro atoms. The number of hydrogen-bond donors (Lipinski definition) is 3. The Balaban J connectivity index is 1.73. The van der Waals surface area contributed by atoms with Gasteiger partial charge in [-0.25, -0.2) is 0 Å². The number of H-pyrrole nitrogens is 1. The van der Waals surface area contributed by atoms with Crippen LogP contribution in [-0.2, 0) is 9.59 Å². The van der Waals surface area contributed by atoms with Crippen molar-refractivity contribution in [3.63, 3.8) is 0 Å². The largest absolute Gasteiger partial charge is 0.359 e. The standard InChI is InChI=1S/C15H12N4O2/c20-14(18-10-5-7-16-8-6-10)15(21)19-13-9-17-12-4-2-1-3-11(12)13/h1-9,17H,(H,19,21)(H,16,18,20). The number of pyridine rings is 1. The molecule has 0 unspecified atom stereocenters. The summed E-state index contributed by atoms with van der Waals surface area (Å²) in [5.74, 6) is -1.46. The van der Waals surface area contributed by atoms with Gasteiger partial charge in [0.15, 0.2) is 0 Å². The van der Waals surface area contributed by atoms with E-state index in [9.17, 15) is 9.59 Å². The lowest BCUT2D eigenvalue weighted by Gasteiger charge is -2.05. The van der Waals surface area contributed by atoms with Gasteiger partial charge >= 0.3 is 11.8 Å². The van der Waals surface area contributed by atoms with Crippen molar-refractivity contribution < 1.29 is 9.59 Å². The monoisotopic (exact) mass is 280 g/mol. The lowest BCUT2D eigenvalue weighted by Crippen LogP contribution is -2.28. The fourth-order valence-corrected chi connectivity index (χ4v) is 1.98. The molecule has 0 aliphatic carbocycles. The third kappa shape index (κ3) is 2.74. The molecule has 0 aliphatic rings. The molecule has 104 valence electrons. The molecule has 6 heteroatoms. The van der Waals surface area contributed by atoms with Gasteiger partial charge < -0.3 is 15.6 Å². The highest BCUT2D eigenvalue weighted by Gasteiger charge is 2.15. The molecule has 0 radical (unpaired) electrons. The summed E-state index contributed by atoms with van der Waals surface area (Å²) in [4.78, 5) is 30.6. The average Bonchev–Trinajstić information content (AvgIpc) is 2.91. The Morgan fingerprint density at radius 1 is 0.952 bits per heavy atom. The Kier molecular flexibility index (Phi) is 3.34. The zero-order valence-corrected chi connectivity index (χ0v) is 11.0. The number of fused-ring (bicyclic) bond motifs is 1. The van der Waals surface area contributed by atoms with Gasteiger partial charge in [-0.2, -0.15) is 0 Å². The molecule has 2 amide bonds. The first-order valence-corrected chi connectivity index (χ1v) is 6.32. The van der Waals surface area contributed by atoms with E-state index >= 15 is 0 Å². The molecule has 0 bridgehead atoms. The van der Waals surface area contributed by atoms with Crippen LogP contribution in [0.5, 0.6) is 0 Å². The number of benzene rings is 1. The van der Waals surface area contributed by atoms with Crippen LogP contribution in [-0.4, -0.2) is 21.8 Å². The number of rotatable bonds is 2. The molecule has 21 heavy (non-hydrogen) atoms. The number of carbonyl (C=O) groups excluding carboxylic acids is 2. The summed E-state index contributed by atoms with van der Waals surface area (Å²) in [6.45, 7) is 0. The molecule has 0 saturated carbocycles. The van der Waals surface area contributed by atoms with Crippen LogP contribution >= 0.6 is 0 Å². The number of amides is 2. The summed E-state index contributed by atoms with van der Waals surface area (Å²) in [6, 6.07) is 10.7. The van der Waals surface area contributed by atoms with Gasteiger partial charge in [-0.3, -0.25) is 14.6 Å². The van der Waals surface area contributed by atoms with Crippen LogP contribution in [0.25, 0.3) is 10.9 Å². The van der Waals surface area contributed by atoms with E-state index in [0.717, 1.165) is 10.9 Å². The zero-order valence-electron chi connectivity index (χ0n) is 11.0. The molecule has 0 fully saturated rings. The second kappa shape index (κ2) is 5.46. The summed E-state index contributed by atoms with van der Waals surface area (Å²) in [5.41, 5.74) is 1.98. The first-order chi connectivity index (χ1) is 10.2. The zero-order chi connectivity index (χ0) is 14.7. The number of anilines is 2. The lowest BCUT2D eigenvalue weighted by atomic mass is 10.2. The average molecular weight is 280 g/mol. The summed E-state index contributed by atoms with van der Waals surface area (Å²) < 4.78 is 0. The van der Waals surface area contributed by atoms with Crippen molar-refractivity contribution in [3.8, 4) is 0 Å². The van der Waals surface area contributed by atoms with Crippen LogP contribution in [0.4, 0.5) is 11.4 Å². The van der Waals surface area contributed by atoms with Crippen LogP contribution in [0.3, 0.4) is 0 Å². The Hall–Kier alpha value is -3.15.